The predicted octanol–water partition coefficient (Wildman–Crippen LogP) is 2.14. The zero-order valence-corrected chi connectivity index (χ0v) is 12.6. The zero-order valence-electron chi connectivity index (χ0n) is 12.6. The fraction of sp³-hybridized carbons (Fsp3) is 0.667. The summed E-state index contributed by atoms with van der Waals surface area (Å²) >= 11 is 0. The first-order valence-corrected chi connectivity index (χ1v) is 6.99. The second-order valence-electron chi connectivity index (χ2n) is 5.12. The number of hydrogen-bond donors (Lipinski definition) is 1. The highest BCUT2D eigenvalue weighted by Crippen LogP contribution is 2.17. The summed E-state index contributed by atoms with van der Waals surface area (Å²) in [5.41, 5.74) is 8.41. The van der Waals surface area contributed by atoms with Gasteiger partial charge in [0.15, 0.2) is 0 Å². The molecular formula is C15H27N3O. The van der Waals surface area contributed by atoms with Crippen LogP contribution in [0.15, 0.2) is 12.3 Å². The molecule has 0 saturated heterocycles. The van der Waals surface area contributed by atoms with Crippen LogP contribution in [0.2, 0.25) is 0 Å². The lowest BCUT2D eigenvalue weighted by molar-refractivity contribution is 0.196. The molecule has 0 fully saturated rings. The predicted molar refractivity (Wildman–Crippen MR) is 80.7 cm³/mol. The van der Waals surface area contributed by atoms with Gasteiger partial charge in [-0.15, -0.1) is 0 Å². The van der Waals surface area contributed by atoms with Gasteiger partial charge in [-0.2, -0.15) is 0 Å². The summed E-state index contributed by atoms with van der Waals surface area (Å²) in [5.74, 6) is 1.05. The zero-order chi connectivity index (χ0) is 14.3. The average molecular weight is 265 g/mol. The largest absolute Gasteiger partial charge is 0.385 e. The maximum absolute atomic E-state index is 5.98. The maximum Gasteiger partial charge on any atom is 0.131 e. The highest BCUT2D eigenvalue weighted by Gasteiger charge is 2.08. The number of aromatic nitrogens is 1. The van der Waals surface area contributed by atoms with E-state index >= 15 is 0 Å². The van der Waals surface area contributed by atoms with Crippen LogP contribution < -0.4 is 10.6 Å². The van der Waals surface area contributed by atoms with Crippen LogP contribution >= 0.6 is 0 Å². The summed E-state index contributed by atoms with van der Waals surface area (Å²) in [4.78, 5) is 6.75. The second-order valence-corrected chi connectivity index (χ2v) is 5.12. The summed E-state index contributed by atoms with van der Waals surface area (Å²) < 4.78 is 5.07. The Morgan fingerprint density at radius 1 is 1.47 bits per heavy atom. The normalized spacial score (nSPS) is 12.5. The SMILES string of the molecule is CCC(N)Cc1cnc(N(C)CCCOC)c(C)c1. The lowest BCUT2D eigenvalue weighted by Crippen LogP contribution is -2.23. The summed E-state index contributed by atoms with van der Waals surface area (Å²) in [6.07, 6.45) is 4.86. The van der Waals surface area contributed by atoms with Crippen molar-refractivity contribution in [2.24, 2.45) is 5.73 Å². The van der Waals surface area contributed by atoms with E-state index in [1.165, 1.54) is 11.1 Å². The quantitative estimate of drug-likeness (QED) is 0.732. The fourth-order valence-electron chi connectivity index (χ4n) is 2.14. The second kappa shape index (κ2) is 8.12. The lowest BCUT2D eigenvalue weighted by atomic mass is 10.0. The molecule has 0 saturated carbocycles. The van der Waals surface area contributed by atoms with Gasteiger partial charge >= 0.3 is 0 Å². The van der Waals surface area contributed by atoms with Crippen molar-refractivity contribution in [2.75, 3.05) is 32.2 Å². The van der Waals surface area contributed by atoms with Crippen LogP contribution in [0.25, 0.3) is 0 Å². The van der Waals surface area contributed by atoms with Gasteiger partial charge in [-0.25, -0.2) is 4.98 Å². The van der Waals surface area contributed by atoms with Crippen molar-refractivity contribution in [3.05, 3.63) is 23.4 Å². The molecule has 1 aromatic rings. The van der Waals surface area contributed by atoms with Crippen molar-refractivity contribution in [3.63, 3.8) is 0 Å². The van der Waals surface area contributed by atoms with Crippen LogP contribution in [0, 0.1) is 6.92 Å². The van der Waals surface area contributed by atoms with Crippen LogP contribution in [0.4, 0.5) is 5.82 Å². The van der Waals surface area contributed by atoms with Gasteiger partial charge in [0.05, 0.1) is 0 Å². The van der Waals surface area contributed by atoms with Gasteiger partial charge in [-0.05, 0) is 37.3 Å². The van der Waals surface area contributed by atoms with E-state index in [2.05, 4.69) is 36.8 Å². The van der Waals surface area contributed by atoms with E-state index in [1.807, 2.05) is 6.20 Å². The molecular weight excluding hydrogens is 238 g/mol. The molecule has 0 aromatic carbocycles. The molecule has 0 aliphatic rings. The minimum Gasteiger partial charge on any atom is -0.385 e. The van der Waals surface area contributed by atoms with E-state index < -0.39 is 0 Å². The molecule has 0 amide bonds. The molecule has 0 spiro atoms. The lowest BCUT2D eigenvalue weighted by Gasteiger charge is -2.20. The smallest absolute Gasteiger partial charge is 0.131 e. The van der Waals surface area contributed by atoms with Crippen molar-refractivity contribution in [2.45, 2.75) is 39.2 Å². The van der Waals surface area contributed by atoms with Gasteiger partial charge in [0.2, 0.25) is 0 Å². The number of hydrogen-bond acceptors (Lipinski definition) is 4. The Morgan fingerprint density at radius 2 is 2.21 bits per heavy atom. The fourth-order valence-corrected chi connectivity index (χ4v) is 2.14. The highest BCUT2D eigenvalue weighted by atomic mass is 16.5. The summed E-state index contributed by atoms with van der Waals surface area (Å²) in [6, 6.07) is 2.43. The van der Waals surface area contributed by atoms with Crippen molar-refractivity contribution in [1.82, 2.24) is 4.98 Å². The third-order valence-corrected chi connectivity index (χ3v) is 3.33. The number of nitrogens with zero attached hydrogens (tertiary/aromatic N) is 2. The molecule has 0 bridgehead atoms. The minimum atomic E-state index is 0.228. The molecule has 0 aliphatic carbocycles. The van der Waals surface area contributed by atoms with E-state index in [1.54, 1.807) is 7.11 Å². The molecule has 1 unspecified atom stereocenters. The maximum atomic E-state index is 5.98. The highest BCUT2D eigenvalue weighted by molar-refractivity contribution is 5.46. The van der Waals surface area contributed by atoms with Crippen molar-refractivity contribution in [3.8, 4) is 0 Å². The number of ether oxygens (including phenoxy) is 1. The molecule has 1 atom stereocenters. The Labute approximate surface area is 117 Å². The topological polar surface area (TPSA) is 51.4 Å². The third-order valence-electron chi connectivity index (χ3n) is 3.33. The van der Waals surface area contributed by atoms with Gasteiger partial charge in [0.25, 0.3) is 0 Å². The first kappa shape index (κ1) is 15.9. The number of anilines is 1. The number of nitrogens with two attached hydrogens (primary N) is 1. The summed E-state index contributed by atoms with van der Waals surface area (Å²) in [5, 5.41) is 0. The van der Waals surface area contributed by atoms with Gasteiger partial charge in [-0.1, -0.05) is 13.0 Å². The first-order chi connectivity index (χ1) is 9.08. The van der Waals surface area contributed by atoms with Crippen molar-refractivity contribution < 1.29 is 4.74 Å². The van der Waals surface area contributed by atoms with Gasteiger partial charge < -0.3 is 15.4 Å². The number of pyridine rings is 1. The van der Waals surface area contributed by atoms with Crippen LogP contribution in [0.1, 0.15) is 30.9 Å². The minimum absolute atomic E-state index is 0.228. The molecule has 0 aliphatic heterocycles. The standard InChI is InChI=1S/C15H27N3O/c1-5-14(16)10-13-9-12(2)15(17-11-13)18(3)7-6-8-19-4/h9,11,14H,5-8,10,16H2,1-4H3. The van der Waals surface area contributed by atoms with Gasteiger partial charge in [0.1, 0.15) is 5.82 Å². The van der Waals surface area contributed by atoms with Crippen LogP contribution in [-0.2, 0) is 11.2 Å². The Morgan fingerprint density at radius 3 is 2.79 bits per heavy atom. The molecule has 1 aromatic heterocycles. The Balaban J connectivity index is 2.65. The molecule has 0 radical (unpaired) electrons. The van der Waals surface area contributed by atoms with Crippen LogP contribution in [0.3, 0.4) is 0 Å². The number of rotatable bonds is 8. The Bertz CT molecular complexity index is 382. The first-order valence-electron chi connectivity index (χ1n) is 6.99. The number of aryl methyl sites for hydroxylation is 1. The van der Waals surface area contributed by atoms with Gasteiger partial charge in [-0.3, -0.25) is 0 Å². The Hall–Kier alpha value is -1.13. The van der Waals surface area contributed by atoms with E-state index in [4.69, 9.17) is 10.5 Å². The van der Waals surface area contributed by atoms with Crippen LogP contribution in [-0.4, -0.2) is 38.3 Å². The molecule has 108 valence electrons. The van der Waals surface area contributed by atoms with Crippen molar-refractivity contribution in [1.29, 1.82) is 0 Å². The van der Waals surface area contributed by atoms with E-state index in [9.17, 15) is 0 Å². The molecule has 2 N–H and O–H groups in total. The molecule has 1 rings (SSSR count). The third kappa shape index (κ3) is 5.17. The summed E-state index contributed by atoms with van der Waals surface area (Å²) in [6.45, 7) is 5.96. The molecule has 1 heterocycles. The van der Waals surface area contributed by atoms with Gasteiger partial charge in [0, 0.05) is 39.5 Å². The van der Waals surface area contributed by atoms with E-state index in [0.717, 1.165) is 38.2 Å². The summed E-state index contributed by atoms with van der Waals surface area (Å²) in [7, 11) is 3.80. The molecule has 4 heteroatoms. The monoisotopic (exact) mass is 265 g/mol. The van der Waals surface area contributed by atoms with Crippen molar-refractivity contribution >= 4 is 5.82 Å². The number of methoxy groups -OCH3 is 1. The van der Waals surface area contributed by atoms with Crippen LogP contribution in [0.5, 0.6) is 0 Å². The average Bonchev–Trinajstić information content (AvgIpc) is 2.38. The molecule has 4 nitrogen and oxygen atoms in total. The van der Waals surface area contributed by atoms with E-state index in [0.29, 0.717) is 0 Å². The Kier molecular flexibility index (Phi) is 6.81. The molecule has 19 heavy (non-hydrogen) atoms. The van der Waals surface area contributed by atoms with E-state index in [-0.39, 0.29) is 6.04 Å².